The fraction of sp³-hybridized carbons (Fsp3) is 0.229. The van der Waals surface area contributed by atoms with Crippen molar-refractivity contribution in [3.05, 3.63) is 162 Å². The van der Waals surface area contributed by atoms with Gasteiger partial charge in [-0.3, -0.25) is 4.79 Å². The van der Waals surface area contributed by atoms with E-state index in [1.165, 1.54) is 4.70 Å². The number of thiophene rings is 1. The lowest BCUT2D eigenvalue weighted by atomic mass is 9.61. The Balaban J connectivity index is 1.22. The normalized spacial score (nSPS) is 19.1. The van der Waals surface area contributed by atoms with Crippen LogP contribution >= 0.6 is 22.9 Å². The van der Waals surface area contributed by atoms with Gasteiger partial charge in [0.25, 0.3) is 0 Å². The molecule has 2 atom stereocenters. The zero-order valence-corrected chi connectivity index (χ0v) is 33.5. The maximum atomic E-state index is 13.6. The SMILES string of the molecule is CCOC(=O)[C@@H]1C2CCC(CC2)[C@H]1Nc1cc(-c2cc3ccccc3s2)nc(-c2cn(C(c3ccccc3)(c3ccccc3)c3ccccc3)c3ncc(Cl)nc23)n1. The number of nitrogens with one attached hydrogen (secondary N) is 1. The van der Waals surface area contributed by atoms with Crippen molar-refractivity contribution in [2.75, 3.05) is 11.9 Å². The number of ether oxygens (including phenoxy) is 1. The first-order valence-electron chi connectivity index (χ1n) is 20.0. The van der Waals surface area contributed by atoms with Gasteiger partial charge in [-0.05, 0) is 78.7 Å². The predicted molar refractivity (Wildman–Crippen MR) is 232 cm³/mol. The Hall–Kier alpha value is -5.90. The van der Waals surface area contributed by atoms with Crippen LogP contribution in [0.15, 0.2) is 140 Å². The molecule has 4 heterocycles. The van der Waals surface area contributed by atoms with Gasteiger partial charge in [-0.2, -0.15) is 0 Å². The van der Waals surface area contributed by atoms with Gasteiger partial charge in [0.15, 0.2) is 11.5 Å². The largest absolute Gasteiger partial charge is 0.466 e. The zero-order chi connectivity index (χ0) is 39.2. The minimum atomic E-state index is -0.874. The molecule has 288 valence electrons. The first-order valence-corrected chi connectivity index (χ1v) is 21.2. The van der Waals surface area contributed by atoms with Crippen molar-refractivity contribution in [2.24, 2.45) is 17.8 Å². The highest BCUT2D eigenvalue weighted by atomic mass is 35.5. The predicted octanol–water partition coefficient (Wildman–Crippen LogP) is 11.0. The topological polar surface area (TPSA) is 94.8 Å². The Bertz CT molecular complexity index is 2620. The van der Waals surface area contributed by atoms with Gasteiger partial charge < -0.3 is 14.6 Å². The Labute approximate surface area is 346 Å². The highest BCUT2D eigenvalue weighted by Crippen LogP contribution is 2.48. The number of halogens is 1. The lowest BCUT2D eigenvalue weighted by molar-refractivity contribution is -0.154. The van der Waals surface area contributed by atoms with Gasteiger partial charge in [-0.15, -0.1) is 11.3 Å². The highest BCUT2D eigenvalue weighted by Gasteiger charge is 2.48. The van der Waals surface area contributed by atoms with Gasteiger partial charge in [0.05, 0.1) is 34.9 Å². The van der Waals surface area contributed by atoms with Crippen LogP contribution in [0.1, 0.15) is 49.3 Å². The molecule has 0 amide bonds. The lowest BCUT2D eigenvalue weighted by Crippen LogP contribution is -2.52. The Morgan fingerprint density at radius 3 is 2.07 bits per heavy atom. The molecule has 8 nitrogen and oxygen atoms in total. The summed E-state index contributed by atoms with van der Waals surface area (Å²) in [5.74, 6) is 1.38. The maximum absolute atomic E-state index is 13.6. The molecule has 3 aliphatic rings. The van der Waals surface area contributed by atoms with Crippen molar-refractivity contribution in [3.63, 3.8) is 0 Å². The van der Waals surface area contributed by atoms with Gasteiger partial charge in [-0.25, -0.2) is 19.9 Å². The molecule has 8 aromatic rings. The van der Waals surface area contributed by atoms with Crippen LogP contribution in [0.2, 0.25) is 5.15 Å². The minimum Gasteiger partial charge on any atom is -0.466 e. The van der Waals surface area contributed by atoms with Crippen molar-refractivity contribution in [1.29, 1.82) is 0 Å². The molecule has 1 N–H and O–H groups in total. The summed E-state index contributed by atoms with van der Waals surface area (Å²) in [7, 11) is 0. The summed E-state index contributed by atoms with van der Waals surface area (Å²) in [5, 5.41) is 5.23. The van der Waals surface area contributed by atoms with E-state index in [4.69, 9.17) is 36.3 Å². The molecular weight excluding hydrogens is 760 g/mol. The molecule has 3 aliphatic carbocycles. The van der Waals surface area contributed by atoms with E-state index in [9.17, 15) is 4.79 Å². The third-order valence-corrected chi connectivity index (χ3v) is 13.5. The molecule has 0 unspecified atom stereocenters. The summed E-state index contributed by atoms with van der Waals surface area (Å²) in [4.78, 5) is 35.2. The molecule has 0 aliphatic heterocycles. The summed E-state index contributed by atoms with van der Waals surface area (Å²) in [6.07, 6.45) is 7.92. The van der Waals surface area contributed by atoms with Crippen LogP contribution in [-0.4, -0.2) is 43.1 Å². The second-order valence-corrected chi connectivity index (χ2v) is 16.8. The summed E-state index contributed by atoms with van der Waals surface area (Å²) in [6, 6.07) is 44.0. The number of benzene rings is 4. The number of carbonyl (C=O) groups is 1. The maximum Gasteiger partial charge on any atom is 0.311 e. The Morgan fingerprint density at radius 2 is 1.43 bits per heavy atom. The van der Waals surface area contributed by atoms with E-state index in [-0.39, 0.29) is 29.0 Å². The average Bonchev–Trinajstić information content (AvgIpc) is 3.88. The second kappa shape index (κ2) is 15.1. The average molecular weight is 801 g/mol. The molecule has 0 radical (unpaired) electrons. The van der Waals surface area contributed by atoms with Crippen molar-refractivity contribution in [1.82, 2.24) is 24.5 Å². The summed E-state index contributed by atoms with van der Waals surface area (Å²) in [5.41, 5.74) is 4.95. The molecule has 0 saturated heterocycles. The van der Waals surface area contributed by atoms with E-state index in [1.807, 2.05) is 31.2 Å². The number of aromatic nitrogens is 5. The lowest BCUT2D eigenvalue weighted by Gasteiger charge is -2.47. The van der Waals surface area contributed by atoms with Crippen LogP contribution in [0.5, 0.6) is 0 Å². The molecule has 11 rings (SSSR count). The molecule has 58 heavy (non-hydrogen) atoms. The number of rotatable bonds is 10. The fourth-order valence-corrected chi connectivity index (χ4v) is 10.8. The first kappa shape index (κ1) is 36.4. The number of anilines is 1. The van der Waals surface area contributed by atoms with Crippen LogP contribution in [0.3, 0.4) is 0 Å². The van der Waals surface area contributed by atoms with E-state index in [0.717, 1.165) is 58.3 Å². The van der Waals surface area contributed by atoms with Gasteiger partial charge >= 0.3 is 5.97 Å². The van der Waals surface area contributed by atoms with Crippen molar-refractivity contribution >= 4 is 56.0 Å². The van der Waals surface area contributed by atoms with Crippen LogP contribution in [-0.2, 0) is 15.1 Å². The van der Waals surface area contributed by atoms with E-state index in [2.05, 4.69) is 119 Å². The second-order valence-electron chi connectivity index (χ2n) is 15.3. The van der Waals surface area contributed by atoms with Crippen LogP contribution in [0.4, 0.5) is 5.82 Å². The van der Waals surface area contributed by atoms with Gasteiger partial charge in [-0.1, -0.05) is 121 Å². The van der Waals surface area contributed by atoms with Gasteiger partial charge in [0, 0.05) is 23.0 Å². The van der Waals surface area contributed by atoms with Gasteiger partial charge in [0.1, 0.15) is 22.0 Å². The third-order valence-electron chi connectivity index (χ3n) is 12.1. The molecule has 10 heteroatoms. The smallest absolute Gasteiger partial charge is 0.311 e. The zero-order valence-electron chi connectivity index (χ0n) is 32.0. The first-order chi connectivity index (χ1) is 28.5. The number of nitrogens with zero attached hydrogens (tertiary/aromatic N) is 5. The molecule has 4 aromatic carbocycles. The summed E-state index contributed by atoms with van der Waals surface area (Å²) >= 11 is 8.41. The molecule has 3 fully saturated rings. The third kappa shape index (κ3) is 6.24. The van der Waals surface area contributed by atoms with E-state index in [0.29, 0.717) is 40.9 Å². The van der Waals surface area contributed by atoms with Crippen LogP contribution in [0.25, 0.3) is 43.2 Å². The number of hydrogen-bond donors (Lipinski definition) is 1. The summed E-state index contributed by atoms with van der Waals surface area (Å²) < 4.78 is 9.07. The highest BCUT2D eigenvalue weighted by molar-refractivity contribution is 7.22. The minimum absolute atomic E-state index is 0.109. The Morgan fingerprint density at radius 1 is 0.810 bits per heavy atom. The van der Waals surface area contributed by atoms with E-state index >= 15 is 0 Å². The van der Waals surface area contributed by atoms with Crippen molar-refractivity contribution in [3.8, 4) is 22.0 Å². The van der Waals surface area contributed by atoms with Crippen molar-refractivity contribution < 1.29 is 9.53 Å². The molecule has 4 aromatic heterocycles. The number of hydrogen-bond acceptors (Lipinski definition) is 8. The molecular formula is C48H41ClN6O2S. The van der Waals surface area contributed by atoms with Crippen LogP contribution in [0, 0.1) is 17.8 Å². The van der Waals surface area contributed by atoms with Crippen LogP contribution < -0.4 is 5.32 Å². The standard InChI is InChI=1S/C48H41ClN6O2S/c1-2-57-47(56)42-30-22-24-31(25-23-30)43(42)53-41-27-37(39-26-32-14-12-13-21-38(32)58-39)51-45(54-41)36-29-55(46-44(36)52-40(49)28-50-46)48(33-15-6-3-7-16-33,34-17-8-4-9-18-34)35-19-10-5-11-20-35/h3-21,26-31,42-43H,2,22-25H2,1H3,(H,51,53,54)/t30?,31?,42-,43-/m1/s1. The van der Waals surface area contributed by atoms with Crippen molar-refractivity contribution in [2.45, 2.75) is 44.2 Å². The van der Waals surface area contributed by atoms with E-state index < -0.39 is 5.54 Å². The molecule has 3 saturated carbocycles. The number of esters is 1. The quantitative estimate of drug-likeness (QED) is 0.109. The number of carbonyl (C=O) groups excluding carboxylic acids is 1. The molecule has 2 bridgehead atoms. The summed E-state index contributed by atoms with van der Waals surface area (Å²) in [6.45, 7) is 2.24. The monoisotopic (exact) mass is 800 g/mol. The Kier molecular flexibility index (Phi) is 9.50. The fourth-order valence-electron chi connectivity index (χ4n) is 9.63. The number of fused-ring (bicyclic) bond motifs is 5. The molecule has 0 spiro atoms. The van der Waals surface area contributed by atoms with E-state index in [1.54, 1.807) is 17.5 Å². The van der Waals surface area contributed by atoms with Gasteiger partial charge in [0.2, 0.25) is 0 Å².